The van der Waals surface area contributed by atoms with Crippen LogP contribution in [0.3, 0.4) is 0 Å². The van der Waals surface area contributed by atoms with E-state index in [4.69, 9.17) is 11.6 Å². The van der Waals surface area contributed by atoms with Crippen molar-refractivity contribution in [3.05, 3.63) is 34.9 Å². The summed E-state index contributed by atoms with van der Waals surface area (Å²) in [6.07, 6.45) is 5.85. The van der Waals surface area contributed by atoms with E-state index in [9.17, 15) is 0 Å². The maximum Gasteiger partial charge on any atom is 0.0406 e. The molecule has 0 radical (unpaired) electrons. The second-order valence-electron chi connectivity index (χ2n) is 5.37. The summed E-state index contributed by atoms with van der Waals surface area (Å²) in [6.45, 7) is 2.19. The summed E-state index contributed by atoms with van der Waals surface area (Å²) < 4.78 is 0. The van der Waals surface area contributed by atoms with E-state index in [2.05, 4.69) is 17.4 Å². The Labute approximate surface area is 102 Å². The van der Waals surface area contributed by atoms with Crippen LogP contribution in [0.4, 0.5) is 0 Å². The molecule has 86 valence electrons. The van der Waals surface area contributed by atoms with Crippen molar-refractivity contribution in [3.8, 4) is 0 Å². The highest BCUT2D eigenvalue weighted by Gasteiger charge is 2.53. The smallest absolute Gasteiger partial charge is 0.0406 e. The van der Waals surface area contributed by atoms with Gasteiger partial charge in [-0.3, -0.25) is 0 Å². The molecule has 0 saturated heterocycles. The molecule has 1 aromatic rings. The Balaban J connectivity index is 1.48. The predicted octanol–water partition coefficient (Wildman–Crippen LogP) is 3.62. The molecule has 1 aromatic carbocycles. The Morgan fingerprint density at radius 2 is 1.88 bits per heavy atom. The molecule has 0 aromatic heterocycles. The molecule has 2 fully saturated rings. The number of rotatable bonds is 5. The van der Waals surface area contributed by atoms with Gasteiger partial charge in [0.1, 0.15) is 0 Å². The third-order valence-corrected chi connectivity index (χ3v) is 4.31. The first-order chi connectivity index (χ1) is 7.78. The Bertz CT molecular complexity index is 363. The highest BCUT2D eigenvalue weighted by atomic mass is 35.5. The third-order valence-electron chi connectivity index (χ3n) is 4.06. The van der Waals surface area contributed by atoms with Crippen LogP contribution >= 0.6 is 11.6 Å². The monoisotopic (exact) mass is 235 g/mol. The van der Waals surface area contributed by atoms with E-state index >= 15 is 0 Å². The average molecular weight is 236 g/mol. The lowest BCUT2D eigenvalue weighted by molar-refractivity contribution is 0.403. The lowest BCUT2D eigenvalue weighted by Gasteiger charge is -2.14. The summed E-state index contributed by atoms with van der Waals surface area (Å²) >= 11 is 5.86. The fourth-order valence-electron chi connectivity index (χ4n) is 2.64. The molecule has 0 amide bonds. The second-order valence-corrected chi connectivity index (χ2v) is 5.80. The van der Waals surface area contributed by atoms with Crippen LogP contribution in [0, 0.1) is 11.3 Å². The Morgan fingerprint density at radius 1 is 1.19 bits per heavy atom. The molecule has 2 heteroatoms. The highest BCUT2D eigenvalue weighted by molar-refractivity contribution is 6.30. The fourth-order valence-corrected chi connectivity index (χ4v) is 2.77. The highest BCUT2D eigenvalue weighted by Crippen LogP contribution is 2.60. The largest absolute Gasteiger partial charge is 0.312 e. The quantitative estimate of drug-likeness (QED) is 0.822. The fraction of sp³-hybridized carbons (Fsp3) is 0.571. The summed E-state index contributed by atoms with van der Waals surface area (Å²) in [5.41, 5.74) is 2.03. The van der Waals surface area contributed by atoms with Crippen molar-refractivity contribution < 1.29 is 0 Å². The van der Waals surface area contributed by atoms with E-state index in [0.717, 1.165) is 17.5 Å². The number of hydrogen-bond acceptors (Lipinski definition) is 1. The Kier molecular flexibility index (Phi) is 2.68. The maximum atomic E-state index is 5.86. The van der Waals surface area contributed by atoms with Gasteiger partial charge in [0, 0.05) is 18.1 Å². The number of nitrogens with one attached hydrogen (secondary N) is 1. The van der Waals surface area contributed by atoms with Gasteiger partial charge in [0.25, 0.3) is 0 Å². The summed E-state index contributed by atoms with van der Waals surface area (Å²) in [4.78, 5) is 0. The first-order valence-corrected chi connectivity index (χ1v) is 6.61. The van der Waals surface area contributed by atoms with Crippen LogP contribution in [0.5, 0.6) is 0 Å². The Morgan fingerprint density at radius 3 is 2.44 bits per heavy atom. The summed E-state index contributed by atoms with van der Waals surface area (Å²) in [5, 5.41) is 4.42. The van der Waals surface area contributed by atoms with Crippen LogP contribution < -0.4 is 5.32 Å². The average Bonchev–Trinajstić information content (AvgIpc) is 3.15. The van der Waals surface area contributed by atoms with Gasteiger partial charge in [0.2, 0.25) is 0 Å². The standard InChI is InChI=1S/C14H18ClN/c15-13-5-1-11(2-6-13)9-16-10-14(7-8-14)12-3-4-12/h1-2,5-6,12,16H,3-4,7-10H2. The van der Waals surface area contributed by atoms with Gasteiger partial charge in [-0.1, -0.05) is 23.7 Å². The number of benzene rings is 1. The van der Waals surface area contributed by atoms with E-state index in [-0.39, 0.29) is 0 Å². The van der Waals surface area contributed by atoms with Crippen molar-refractivity contribution in [2.45, 2.75) is 32.2 Å². The first kappa shape index (κ1) is 10.6. The SMILES string of the molecule is Clc1ccc(CNCC2(C3CC3)CC2)cc1. The van der Waals surface area contributed by atoms with E-state index in [0.29, 0.717) is 5.41 Å². The van der Waals surface area contributed by atoms with Crippen molar-refractivity contribution in [2.24, 2.45) is 11.3 Å². The minimum absolute atomic E-state index is 0.701. The summed E-state index contributed by atoms with van der Waals surface area (Å²) in [6, 6.07) is 8.14. The van der Waals surface area contributed by atoms with Gasteiger partial charge in [-0.05, 0) is 54.7 Å². The summed E-state index contributed by atoms with van der Waals surface area (Å²) in [7, 11) is 0. The predicted molar refractivity (Wildman–Crippen MR) is 67.5 cm³/mol. The number of halogens is 1. The molecule has 1 N–H and O–H groups in total. The van der Waals surface area contributed by atoms with Crippen LogP contribution in [0.25, 0.3) is 0 Å². The van der Waals surface area contributed by atoms with Crippen LogP contribution in [0.15, 0.2) is 24.3 Å². The van der Waals surface area contributed by atoms with Crippen LogP contribution in [-0.2, 0) is 6.54 Å². The molecule has 1 nitrogen and oxygen atoms in total. The molecule has 0 atom stereocenters. The maximum absolute atomic E-state index is 5.86. The van der Waals surface area contributed by atoms with Gasteiger partial charge in [-0.15, -0.1) is 0 Å². The molecule has 0 unspecified atom stereocenters. The van der Waals surface area contributed by atoms with Gasteiger partial charge < -0.3 is 5.32 Å². The molecule has 0 heterocycles. The molecule has 2 aliphatic carbocycles. The zero-order valence-corrected chi connectivity index (χ0v) is 10.3. The van der Waals surface area contributed by atoms with E-state index in [1.165, 1.54) is 37.8 Å². The van der Waals surface area contributed by atoms with Crippen molar-refractivity contribution in [3.63, 3.8) is 0 Å². The third kappa shape index (κ3) is 2.26. The van der Waals surface area contributed by atoms with Crippen molar-refractivity contribution >= 4 is 11.6 Å². The van der Waals surface area contributed by atoms with Gasteiger partial charge >= 0.3 is 0 Å². The van der Waals surface area contributed by atoms with Gasteiger partial charge in [-0.2, -0.15) is 0 Å². The molecule has 2 saturated carbocycles. The van der Waals surface area contributed by atoms with Crippen molar-refractivity contribution in [2.75, 3.05) is 6.54 Å². The molecular formula is C14H18ClN. The first-order valence-electron chi connectivity index (χ1n) is 6.24. The zero-order valence-electron chi connectivity index (χ0n) is 9.51. The number of hydrogen-bond donors (Lipinski definition) is 1. The molecule has 2 aliphatic rings. The van der Waals surface area contributed by atoms with Crippen molar-refractivity contribution in [1.82, 2.24) is 5.32 Å². The lowest BCUT2D eigenvalue weighted by atomic mass is 10.0. The second kappa shape index (κ2) is 4.05. The van der Waals surface area contributed by atoms with E-state index in [1.807, 2.05) is 12.1 Å². The topological polar surface area (TPSA) is 12.0 Å². The van der Waals surface area contributed by atoms with Crippen molar-refractivity contribution in [1.29, 1.82) is 0 Å². The van der Waals surface area contributed by atoms with Gasteiger partial charge in [-0.25, -0.2) is 0 Å². The molecule has 0 bridgehead atoms. The minimum Gasteiger partial charge on any atom is -0.312 e. The van der Waals surface area contributed by atoms with Crippen LogP contribution in [-0.4, -0.2) is 6.54 Å². The lowest BCUT2D eigenvalue weighted by Crippen LogP contribution is -2.24. The normalized spacial score (nSPS) is 22.1. The van der Waals surface area contributed by atoms with E-state index < -0.39 is 0 Å². The van der Waals surface area contributed by atoms with Gasteiger partial charge in [0.15, 0.2) is 0 Å². The van der Waals surface area contributed by atoms with Crippen LogP contribution in [0.2, 0.25) is 5.02 Å². The molecule has 3 rings (SSSR count). The molecule has 0 aliphatic heterocycles. The molecule has 0 spiro atoms. The van der Waals surface area contributed by atoms with Gasteiger partial charge in [0.05, 0.1) is 0 Å². The summed E-state index contributed by atoms with van der Waals surface area (Å²) in [5.74, 6) is 1.05. The Hall–Kier alpha value is -0.530. The van der Waals surface area contributed by atoms with Crippen LogP contribution in [0.1, 0.15) is 31.2 Å². The zero-order chi connectivity index (χ0) is 11.0. The van der Waals surface area contributed by atoms with E-state index in [1.54, 1.807) is 0 Å². The molecular weight excluding hydrogens is 218 g/mol. The minimum atomic E-state index is 0.701. The molecule has 16 heavy (non-hydrogen) atoms.